The Morgan fingerprint density at radius 2 is 1.89 bits per heavy atom. The number of hydrogen-bond donors (Lipinski definition) is 1. The van der Waals surface area contributed by atoms with Crippen molar-refractivity contribution in [1.29, 1.82) is 0 Å². The molecule has 1 N–H and O–H groups in total. The number of hydrogen-bond acceptors (Lipinski definition) is 8. The third kappa shape index (κ3) is 5.45. The van der Waals surface area contributed by atoms with Crippen LogP contribution in [0, 0.1) is 6.92 Å². The van der Waals surface area contributed by atoms with Gasteiger partial charge >= 0.3 is 0 Å². The second-order valence-corrected chi connectivity index (χ2v) is 11.1. The minimum absolute atomic E-state index is 0.0446. The number of benzene rings is 1. The fourth-order valence-corrected chi connectivity index (χ4v) is 4.92. The van der Waals surface area contributed by atoms with E-state index in [1.54, 1.807) is 37.3 Å². The zero-order valence-electron chi connectivity index (χ0n) is 21.6. The van der Waals surface area contributed by atoms with Gasteiger partial charge in [-0.2, -0.15) is 5.10 Å². The Morgan fingerprint density at radius 1 is 1.19 bits per heavy atom. The minimum atomic E-state index is -2.20. The molecule has 9 nitrogen and oxygen atoms in total. The smallest absolute Gasteiger partial charge is 0.229 e. The van der Waals surface area contributed by atoms with Gasteiger partial charge in [0.25, 0.3) is 0 Å². The highest BCUT2D eigenvalue weighted by molar-refractivity contribution is 7.79. The van der Waals surface area contributed by atoms with Crippen LogP contribution in [-0.2, 0) is 34.1 Å². The van der Waals surface area contributed by atoms with Crippen molar-refractivity contribution in [2.75, 3.05) is 24.3 Å². The zero-order valence-corrected chi connectivity index (χ0v) is 22.4. The van der Waals surface area contributed by atoms with E-state index in [2.05, 4.69) is 20.5 Å². The van der Waals surface area contributed by atoms with Gasteiger partial charge < -0.3 is 14.8 Å². The highest BCUT2D eigenvalue weighted by Crippen LogP contribution is 2.38. The third-order valence-corrected chi connectivity index (χ3v) is 7.78. The van der Waals surface area contributed by atoms with Gasteiger partial charge in [-0.05, 0) is 79.6 Å². The summed E-state index contributed by atoms with van der Waals surface area (Å²) >= 11 is -2.20. The van der Waals surface area contributed by atoms with Crippen LogP contribution in [0.15, 0.2) is 42.5 Å². The van der Waals surface area contributed by atoms with Gasteiger partial charge in [-0.25, -0.2) is 4.98 Å². The molecule has 2 heterocycles. The van der Waals surface area contributed by atoms with Gasteiger partial charge in [0.05, 0.1) is 23.2 Å². The number of aromatic nitrogens is 3. The van der Waals surface area contributed by atoms with Crippen molar-refractivity contribution in [3.63, 3.8) is 0 Å². The molecule has 3 atom stereocenters. The molecule has 0 saturated carbocycles. The van der Waals surface area contributed by atoms with Crippen LogP contribution in [-0.4, -0.2) is 49.7 Å². The summed E-state index contributed by atoms with van der Waals surface area (Å²) in [4.78, 5) is 32.8. The second kappa shape index (κ2) is 10.5. The number of ketones is 1. The number of carbonyl (C=O) groups excluding carboxylic acids is 2. The molecule has 1 amide bonds. The Labute approximate surface area is 219 Å². The first-order valence-corrected chi connectivity index (χ1v) is 13.2. The number of Topliss-reactive ketones (excluding diaryl/α,β-unsaturated/α-hetero) is 1. The first kappa shape index (κ1) is 26.6. The summed E-state index contributed by atoms with van der Waals surface area (Å²) in [5.74, 6) is 0.832. The third-order valence-electron chi connectivity index (χ3n) is 6.93. The Kier molecular flexibility index (Phi) is 7.52. The Morgan fingerprint density at radius 3 is 2.49 bits per heavy atom. The minimum Gasteiger partial charge on any atom is -0.772 e. The molecule has 0 radical (unpaired) electrons. The van der Waals surface area contributed by atoms with Gasteiger partial charge in [-0.15, -0.1) is 5.10 Å². The highest BCUT2D eigenvalue weighted by Gasteiger charge is 2.43. The SMILES string of the molecule is Cc1cc(NC(=O)Cc2ccc(C(C)S(=O)[O-])cc2)nc2c1C(=O)C(C)(c1ccc(N(C)C)nn1)CC2. The number of rotatable bonds is 7. The average molecular weight is 521 g/mol. The zero-order chi connectivity index (χ0) is 26.9. The molecule has 3 unspecified atom stereocenters. The maximum atomic E-state index is 13.6. The Balaban J connectivity index is 1.49. The molecule has 194 valence electrons. The molecule has 0 aliphatic heterocycles. The lowest BCUT2D eigenvalue weighted by Crippen LogP contribution is -2.39. The monoisotopic (exact) mass is 520 g/mol. The van der Waals surface area contributed by atoms with Crippen molar-refractivity contribution < 1.29 is 18.4 Å². The van der Waals surface area contributed by atoms with Crippen molar-refractivity contribution in [3.05, 3.63) is 76.1 Å². The van der Waals surface area contributed by atoms with E-state index in [1.807, 2.05) is 45.0 Å². The number of anilines is 2. The van der Waals surface area contributed by atoms with Crippen LogP contribution >= 0.6 is 0 Å². The highest BCUT2D eigenvalue weighted by atomic mass is 32.2. The second-order valence-electron chi connectivity index (χ2n) is 9.85. The van der Waals surface area contributed by atoms with Crippen LogP contribution < -0.4 is 10.2 Å². The summed E-state index contributed by atoms with van der Waals surface area (Å²) in [6, 6.07) is 12.4. The molecule has 1 aliphatic carbocycles. The van der Waals surface area contributed by atoms with E-state index in [0.717, 1.165) is 16.9 Å². The number of pyridine rings is 1. The van der Waals surface area contributed by atoms with E-state index in [9.17, 15) is 18.4 Å². The summed E-state index contributed by atoms with van der Waals surface area (Å²) in [5, 5.41) is 10.8. The molecule has 10 heteroatoms. The van der Waals surface area contributed by atoms with Gasteiger partial charge in [0.2, 0.25) is 5.91 Å². The number of nitrogens with zero attached hydrogens (tertiary/aromatic N) is 4. The van der Waals surface area contributed by atoms with E-state index >= 15 is 0 Å². The number of carbonyl (C=O) groups is 2. The van der Waals surface area contributed by atoms with Crippen molar-refractivity contribution in [2.24, 2.45) is 0 Å². The molecule has 0 bridgehead atoms. The van der Waals surface area contributed by atoms with E-state index in [-0.39, 0.29) is 18.1 Å². The fourth-order valence-electron chi connectivity index (χ4n) is 4.54. The fraction of sp³-hybridized carbons (Fsp3) is 0.370. The molecule has 2 aromatic heterocycles. The molecular weight excluding hydrogens is 490 g/mol. The van der Waals surface area contributed by atoms with Crippen LogP contribution in [0.4, 0.5) is 11.6 Å². The largest absolute Gasteiger partial charge is 0.772 e. The molecule has 4 rings (SSSR count). The summed E-state index contributed by atoms with van der Waals surface area (Å²) in [5.41, 5.74) is 3.24. The van der Waals surface area contributed by atoms with E-state index in [1.165, 1.54) is 0 Å². The van der Waals surface area contributed by atoms with Crippen molar-refractivity contribution in [1.82, 2.24) is 15.2 Å². The molecule has 1 aliphatic rings. The number of nitrogens with one attached hydrogen (secondary N) is 1. The molecule has 37 heavy (non-hydrogen) atoms. The van der Waals surface area contributed by atoms with Gasteiger partial charge in [-0.1, -0.05) is 24.3 Å². The van der Waals surface area contributed by atoms with Gasteiger partial charge in [0.1, 0.15) is 5.82 Å². The average Bonchev–Trinajstić information content (AvgIpc) is 2.86. The first-order chi connectivity index (χ1) is 17.5. The van der Waals surface area contributed by atoms with Crippen LogP contribution in [0.25, 0.3) is 0 Å². The Hall–Kier alpha value is -3.50. The van der Waals surface area contributed by atoms with Gasteiger partial charge in [0, 0.05) is 24.9 Å². The lowest BCUT2D eigenvalue weighted by atomic mass is 9.70. The lowest BCUT2D eigenvalue weighted by molar-refractivity contribution is -0.115. The number of amides is 1. The lowest BCUT2D eigenvalue weighted by Gasteiger charge is -2.33. The molecule has 0 fully saturated rings. The van der Waals surface area contributed by atoms with E-state index < -0.39 is 21.7 Å². The van der Waals surface area contributed by atoms with Crippen molar-refractivity contribution >= 4 is 34.4 Å². The standard InChI is InChI=1S/C27H31N5O4S/c1-16-14-22(29-24(33)15-18-6-8-19(9-7-18)17(2)37(35)36)28-20-12-13-27(3,26(34)25(16)20)21-10-11-23(31-30-21)32(4)5/h6-11,14,17H,12-13,15H2,1-5H3,(H,35,36)(H,28,29,33)/p-1. The summed E-state index contributed by atoms with van der Waals surface area (Å²) < 4.78 is 22.3. The molecule has 0 spiro atoms. The number of aryl methyl sites for hydroxylation is 2. The predicted octanol–water partition coefficient (Wildman–Crippen LogP) is 3.45. The van der Waals surface area contributed by atoms with Crippen molar-refractivity contribution in [2.45, 2.75) is 50.7 Å². The summed E-state index contributed by atoms with van der Waals surface area (Å²) in [6.07, 6.45) is 1.23. The molecular formula is C27H30N5O4S-. The van der Waals surface area contributed by atoms with Crippen LogP contribution in [0.3, 0.4) is 0 Å². The van der Waals surface area contributed by atoms with Gasteiger partial charge in [0.15, 0.2) is 11.6 Å². The topological polar surface area (TPSA) is 128 Å². The predicted molar refractivity (Wildman–Crippen MR) is 141 cm³/mol. The quantitative estimate of drug-likeness (QED) is 0.469. The molecule has 3 aromatic rings. The molecule has 1 aromatic carbocycles. The maximum absolute atomic E-state index is 13.6. The summed E-state index contributed by atoms with van der Waals surface area (Å²) in [6.45, 7) is 5.35. The van der Waals surface area contributed by atoms with Crippen molar-refractivity contribution in [3.8, 4) is 0 Å². The molecule has 0 saturated heterocycles. The van der Waals surface area contributed by atoms with E-state index in [4.69, 9.17) is 0 Å². The van der Waals surface area contributed by atoms with Crippen LogP contribution in [0.2, 0.25) is 0 Å². The van der Waals surface area contributed by atoms with E-state index in [0.29, 0.717) is 41.2 Å². The normalized spacial score (nSPS) is 18.6. The van der Waals surface area contributed by atoms with Crippen LogP contribution in [0.1, 0.15) is 64.0 Å². The summed E-state index contributed by atoms with van der Waals surface area (Å²) in [7, 11) is 3.77. The Bertz CT molecular complexity index is 1360. The van der Waals surface area contributed by atoms with Gasteiger partial charge in [-0.3, -0.25) is 13.8 Å². The maximum Gasteiger partial charge on any atom is 0.229 e. The van der Waals surface area contributed by atoms with Crippen LogP contribution in [0.5, 0.6) is 0 Å². The first-order valence-electron chi connectivity index (χ1n) is 12.0. The number of fused-ring (bicyclic) bond motifs is 1.